The van der Waals surface area contributed by atoms with Crippen LogP contribution in [0.25, 0.3) is 0 Å². The first-order chi connectivity index (χ1) is 20.9. The Labute approximate surface area is 264 Å². The highest BCUT2D eigenvalue weighted by molar-refractivity contribution is 5.95. The summed E-state index contributed by atoms with van der Waals surface area (Å²) in [7, 11) is 0. The van der Waals surface area contributed by atoms with Crippen molar-refractivity contribution in [2.24, 2.45) is 34.5 Å². The Balaban J connectivity index is 1.43. The first-order valence-electron chi connectivity index (χ1n) is 16.6. The predicted octanol–water partition coefficient (Wildman–Crippen LogP) is -0.464. The number of carbonyl (C=O) groups excluding carboxylic acids is 1. The predicted molar refractivity (Wildman–Crippen MR) is 159 cm³/mol. The van der Waals surface area contributed by atoms with Crippen molar-refractivity contribution in [3.05, 3.63) is 11.6 Å². The van der Waals surface area contributed by atoms with Crippen LogP contribution in [-0.2, 0) is 14.3 Å². The third kappa shape index (κ3) is 5.75. The van der Waals surface area contributed by atoms with Gasteiger partial charge >= 0.3 is 0 Å². The average molecular weight is 643 g/mol. The van der Waals surface area contributed by atoms with E-state index in [0.29, 0.717) is 31.3 Å². The summed E-state index contributed by atoms with van der Waals surface area (Å²) in [5.41, 5.74) is -3.28. The van der Waals surface area contributed by atoms with Crippen LogP contribution in [0.2, 0.25) is 0 Å². The fourth-order valence-electron chi connectivity index (χ4n) is 9.85. The van der Waals surface area contributed by atoms with Crippen molar-refractivity contribution in [1.29, 1.82) is 0 Å². The quantitative estimate of drug-likeness (QED) is 0.156. The lowest BCUT2D eigenvalue weighted by Crippen LogP contribution is -2.61. The molecule has 3 unspecified atom stereocenters. The maximum Gasteiger partial charge on any atom is 0.186 e. The van der Waals surface area contributed by atoms with E-state index in [-0.39, 0.29) is 49.2 Å². The largest absolute Gasteiger partial charge is 0.394 e. The number of allylic oxidation sites excluding steroid dienone is 1. The summed E-state index contributed by atoms with van der Waals surface area (Å²) in [5.74, 6) is -1.12. The molecule has 0 bridgehead atoms. The van der Waals surface area contributed by atoms with E-state index < -0.39 is 90.2 Å². The summed E-state index contributed by atoms with van der Waals surface area (Å²) in [4.78, 5) is 13.5. The standard InChI is InChI=1S/C33H54O12/c1-16(24(7-8-30(2,42)15-35)44-29-28(41)27(40)26(39)25(14-34)45-29)17-6-10-33(43)19-11-21(36)20-12-22(37)23(38)13-31(20,3)18(19)5-9-32(17,33)4/h11,16-18,20,22-29,34-35,37-43H,5-10,12-15H2,1-4H3/t16-,17+,18-,20-,22+,23-,24?,25+,26+,27-,28+,29?,30?,31+,32+,33+/m0/s1. The van der Waals surface area contributed by atoms with E-state index in [0.717, 1.165) is 0 Å². The van der Waals surface area contributed by atoms with Gasteiger partial charge in [0.25, 0.3) is 0 Å². The molecule has 3 saturated carbocycles. The third-order valence-corrected chi connectivity index (χ3v) is 12.9. The van der Waals surface area contributed by atoms with E-state index in [1.165, 1.54) is 6.92 Å². The SMILES string of the molecule is C[C@H](C(CCC(C)(O)CO)OC1O[C@H](CO)[C@@H](O)[C@H](O)[C@H]1O)[C@H]1CC[C@@]2(O)C3=CC(=O)[C@@H]4C[C@@H](O)[C@@H](O)C[C@]4(C)[C@H]3CC[C@]12C. The monoisotopic (exact) mass is 642 g/mol. The molecule has 1 aliphatic heterocycles. The number of ether oxygens (including phenoxy) is 2. The molecule has 258 valence electrons. The Morgan fingerprint density at radius 1 is 1.02 bits per heavy atom. The summed E-state index contributed by atoms with van der Waals surface area (Å²) in [6.45, 7) is 6.41. The summed E-state index contributed by atoms with van der Waals surface area (Å²) in [6.07, 6.45) is -5.14. The number of carbonyl (C=O) groups is 1. The first kappa shape index (κ1) is 35.3. The van der Waals surface area contributed by atoms with Crippen LogP contribution in [0.15, 0.2) is 11.6 Å². The Morgan fingerprint density at radius 3 is 2.36 bits per heavy atom. The second-order valence-electron chi connectivity index (χ2n) is 15.6. The van der Waals surface area contributed by atoms with Crippen molar-refractivity contribution in [3.63, 3.8) is 0 Å². The number of aliphatic hydroxyl groups is 9. The molecule has 0 aromatic rings. The van der Waals surface area contributed by atoms with Gasteiger partial charge in [-0.05, 0) is 93.1 Å². The molecule has 0 radical (unpaired) electrons. The van der Waals surface area contributed by atoms with Crippen molar-refractivity contribution in [2.75, 3.05) is 13.2 Å². The smallest absolute Gasteiger partial charge is 0.186 e. The van der Waals surface area contributed by atoms with Gasteiger partial charge in [0.2, 0.25) is 0 Å². The molecule has 12 heteroatoms. The van der Waals surface area contributed by atoms with Gasteiger partial charge < -0.3 is 55.4 Å². The zero-order valence-corrected chi connectivity index (χ0v) is 26.8. The Morgan fingerprint density at radius 2 is 1.71 bits per heavy atom. The van der Waals surface area contributed by atoms with Crippen molar-refractivity contribution in [2.45, 2.75) is 139 Å². The number of ketones is 1. The first-order valence-corrected chi connectivity index (χ1v) is 16.6. The molecule has 0 aromatic heterocycles. The van der Waals surface area contributed by atoms with Crippen molar-refractivity contribution in [3.8, 4) is 0 Å². The molecule has 0 amide bonds. The van der Waals surface area contributed by atoms with E-state index >= 15 is 0 Å². The number of fused-ring (bicyclic) bond motifs is 5. The molecular weight excluding hydrogens is 588 g/mol. The molecule has 5 rings (SSSR count). The van der Waals surface area contributed by atoms with Crippen LogP contribution in [-0.4, -0.2) is 125 Å². The van der Waals surface area contributed by atoms with Gasteiger partial charge in [-0.1, -0.05) is 20.8 Å². The zero-order chi connectivity index (χ0) is 33.3. The van der Waals surface area contributed by atoms with Gasteiger partial charge in [-0.15, -0.1) is 0 Å². The highest BCUT2D eigenvalue weighted by Crippen LogP contribution is 2.68. The molecule has 0 spiro atoms. The molecule has 45 heavy (non-hydrogen) atoms. The normalized spacial score (nSPS) is 49.3. The van der Waals surface area contributed by atoms with Gasteiger partial charge in [-0.3, -0.25) is 4.79 Å². The fraction of sp³-hybridized carbons (Fsp3) is 0.909. The molecule has 4 fully saturated rings. The van der Waals surface area contributed by atoms with Crippen LogP contribution in [0.4, 0.5) is 0 Å². The van der Waals surface area contributed by atoms with Crippen molar-refractivity contribution < 1.29 is 60.2 Å². The highest BCUT2D eigenvalue weighted by atomic mass is 16.7. The highest BCUT2D eigenvalue weighted by Gasteiger charge is 2.67. The van der Waals surface area contributed by atoms with Gasteiger partial charge in [0.05, 0.1) is 42.7 Å². The topological polar surface area (TPSA) is 218 Å². The molecule has 12 nitrogen and oxygen atoms in total. The minimum atomic E-state index is -1.62. The van der Waals surface area contributed by atoms with Crippen LogP contribution in [0.1, 0.15) is 79.1 Å². The van der Waals surface area contributed by atoms with Crippen LogP contribution < -0.4 is 0 Å². The van der Waals surface area contributed by atoms with Gasteiger partial charge in [0.15, 0.2) is 12.1 Å². The molecule has 16 atom stereocenters. The van der Waals surface area contributed by atoms with E-state index in [4.69, 9.17) is 9.47 Å². The summed E-state index contributed by atoms with van der Waals surface area (Å²) in [5, 5.41) is 95.0. The van der Waals surface area contributed by atoms with Crippen LogP contribution in [0.3, 0.4) is 0 Å². The second-order valence-corrected chi connectivity index (χ2v) is 15.6. The van der Waals surface area contributed by atoms with Gasteiger partial charge in [0.1, 0.15) is 24.4 Å². The van der Waals surface area contributed by atoms with Gasteiger partial charge in [-0.2, -0.15) is 0 Å². The summed E-state index contributed by atoms with van der Waals surface area (Å²) < 4.78 is 12.0. The van der Waals surface area contributed by atoms with Crippen molar-refractivity contribution >= 4 is 5.78 Å². The Bertz CT molecular complexity index is 1130. The minimum absolute atomic E-state index is 0.126. The molecule has 9 N–H and O–H groups in total. The summed E-state index contributed by atoms with van der Waals surface area (Å²) in [6, 6.07) is 0. The van der Waals surface area contributed by atoms with Crippen molar-refractivity contribution in [1.82, 2.24) is 0 Å². The zero-order valence-electron chi connectivity index (χ0n) is 26.8. The lowest BCUT2D eigenvalue weighted by molar-refractivity contribution is -0.317. The van der Waals surface area contributed by atoms with Crippen LogP contribution in [0.5, 0.6) is 0 Å². The number of aliphatic hydroxyl groups excluding tert-OH is 7. The fourth-order valence-corrected chi connectivity index (χ4v) is 9.85. The molecule has 1 saturated heterocycles. The van der Waals surface area contributed by atoms with E-state index in [2.05, 4.69) is 0 Å². The molecule has 4 aliphatic carbocycles. The van der Waals surface area contributed by atoms with Crippen LogP contribution in [0, 0.1) is 34.5 Å². The average Bonchev–Trinajstić information content (AvgIpc) is 3.27. The lowest BCUT2D eigenvalue weighted by Gasteiger charge is -2.60. The second kappa shape index (κ2) is 12.5. The van der Waals surface area contributed by atoms with E-state index in [1.807, 2.05) is 20.8 Å². The third-order valence-electron chi connectivity index (χ3n) is 12.9. The van der Waals surface area contributed by atoms with Gasteiger partial charge in [0, 0.05) is 11.3 Å². The maximum atomic E-state index is 13.5. The molecule has 1 heterocycles. The molecular formula is C33H54O12. The van der Waals surface area contributed by atoms with E-state index in [9.17, 15) is 50.8 Å². The van der Waals surface area contributed by atoms with Gasteiger partial charge in [-0.25, -0.2) is 0 Å². The maximum absolute atomic E-state index is 13.5. The number of rotatable bonds is 9. The van der Waals surface area contributed by atoms with E-state index in [1.54, 1.807) is 6.08 Å². The molecule has 5 aliphatic rings. The van der Waals surface area contributed by atoms with Crippen LogP contribution >= 0.6 is 0 Å². The lowest BCUT2D eigenvalue weighted by atomic mass is 9.46. The molecule has 0 aromatic carbocycles. The Kier molecular flexibility index (Phi) is 9.76. The number of hydrogen-bond donors (Lipinski definition) is 9. The summed E-state index contributed by atoms with van der Waals surface area (Å²) >= 11 is 0. The minimum Gasteiger partial charge on any atom is -0.394 e. The number of hydrogen-bond acceptors (Lipinski definition) is 12. The Hall–Kier alpha value is -1.03.